The van der Waals surface area contributed by atoms with Crippen LogP contribution in [0.3, 0.4) is 0 Å². The van der Waals surface area contributed by atoms with Gasteiger partial charge >= 0.3 is 11.9 Å². The van der Waals surface area contributed by atoms with Crippen LogP contribution in [0.4, 0.5) is 23.4 Å². The lowest BCUT2D eigenvalue weighted by atomic mass is 10.1. The highest BCUT2D eigenvalue weighted by molar-refractivity contribution is 5.44. The molecule has 0 saturated carbocycles. The van der Waals surface area contributed by atoms with Crippen LogP contribution in [0.1, 0.15) is 24.5 Å². The van der Waals surface area contributed by atoms with Crippen molar-refractivity contribution in [3.8, 4) is 17.4 Å². The van der Waals surface area contributed by atoms with E-state index in [1.807, 2.05) is 11.9 Å². The standard InChI is InChI=1S/C23H21F4N3O3/c1-14-9-10-30-21(29(14)2)12-20(28-22(30)31)32-13-15-3-5-16(6-4-15)33-17-7-8-19(24)18(11-17)23(25,26)27/h3-8,11-12,14H,9-10,13H2,1-2H3. The quantitative estimate of drug-likeness (QED) is 0.499. The van der Waals surface area contributed by atoms with E-state index in [4.69, 9.17) is 9.47 Å². The van der Waals surface area contributed by atoms with Crippen molar-refractivity contribution in [1.29, 1.82) is 0 Å². The number of benzene rings is 2. The molecular weight excluding hydrogens is 442 g/mol. The molecule has 2 heterocycles. The summed E-state index contributed by atoms with van der Waals surface area (Å²) >= 11 is 0. The third-order valence-electron chi connectivity index (χ3n) is 5.55. The van der Waals surface area contributed by atoms with Gasteiger partial charge in [0, 0.05) is 25.7 Å². The minimum atomic E-state index is -4.81. The number of aromatic nitrogens is 2. The highest BCUT2D eigenvalue weighted by Gasteiger charge is 2.34. The zero-order chi connectivity index (χ0) is 23.8. The first-order valence-corrected chi connectivity index (χ1v) is 10.2. The lowest BCUT2D eigenvalue weighted by Crippen LogP contribution is -2.41. The largest absolute Gasteiger partial charge is 0.473 e. The smallest absolute Gasteiger partial charge is 0.419 e. The van der Waals surface area contributed by atoms with E-state index in [-0.39, 0.29) is 29.7 Å². The summed E-state index contributed by atoms with van der Waals surface area (Å²) in [6, 6.07) is 10.9. The van der Waals surface area contributed by atoms with Gasteiger partial charge < -0.3 is 14.4 Å². The molecule has 0 saturated heterocycles. The molecule has 1 unspecified atom stereocenters. The lowest BCUT2D eigenvalue weighted by Gasteiger charge is -2.34. The van der Waals surface area contributed by atoms with Crippen molar-refractivity contribution in [2.24, 2.45) is 0 Å². The Morgan fingerprint density at radius 2 is 1.79 bits per heavy atom. The first kappa shape index (κ1) is 22.6. The summed E-state index contributed by atoms with van der Waals surface area (Å²) in [7, 11) is 1.91. The zero-order valence-electron chi connectivity index (χ0n) is 17.9. The van der Waals surface area contributed by atoms with Gasteiger partial charge in [-0.15, -0.1) is 0 Å². The molecule has 0 N–H and O–H groups in total. The fraction of sp³-hybridized carbons (Fsp3) is 0.304. The molecule has 1 aromatic heterocycles. The summed E-state index contributed by atoms with van der Waals surface area (Å²) in [6.45, 7) is 2.81. The molecule has 0 bridgehead atoms. The topological polar surface area (TPSA) is 56.6 Å². The molecular formula is C23H21F4N3O3. The third kappa shape index (κ3) is 4.94. The van der Waals surface area contributed by atoms with Crippen molar-refractivity contribution in [1.82, 2.24) is 9.55 Å². The van der Waals surface area contributed by atoms with Crippen LogP contribution in [0, 0.1) is 5.82 Å². The van der Waals surface area contributed by atoms with Crippen molar-refractivity contribution in [3.63, 3.8) is 0 Å². The van der Waals surface area contributed by atoms with Crippen LogP contribution in [0.15, 0.2) is 53.3 Å². The minimum Gasteiger partial charge on any atom is -0.473 e. The summed E-state index contributed by atoms with van der Waals surface area (Å²) in [5, 5.41) is 0. The van der Waals surface area contributed by atoms with Gasteiger partial charge in [-0.1, -0.05) is 12.1 Å². The molecule has 0 spiro atoms. The van der Waals surface area contributed by atoms with Crippen LogP contribution >= 0.6 is 0 Å². The summed E-state index contributed by atoms with van der Waals surface area (Å²) in [5.74, 6) is -0.272. The molecule has 0 radical (unpaired) electrons. The average molecular weight is 463 g/mol. The van der Waals surface area contributed by atoms with Gasteiger partial charge in [-0.05, 0) is 49.2 Å². The van der Waals surface area contributed by atoms with Crippen LogP contribution < -0.4 is 20.1 Å². The monoisotopic (exact) mass is 463 g/mol. The summed E-state index contributed by atoms with van der Waals surface area (Å²) < 4.78 is 64.7. The number of fused-ring (bicyclic) bond motifs is 1. The number of halogens is 4. The first-order valence-electron chi connectivity index (χ1n) is 10.2. The van der Waals surface area contributed by atoms with Gasteiger partial charge in [0.2, 0.25) is 5.88 Å². The van der Waals surface area contributed by atoms with Gasteiger partial charge in [0.1, 0.15) is 29.7 Å². The second-order valence-electron chi connectivity index (χ2n) is 7.81. The molecule has 174 valence electrons. The zero-order valence-corrected chi connectivity index (χ0v) is 17.9. The summed E-state index contributed by atoms with van der Waals surface area (Å²) in [4.78, 5) is 18.3. The Morgan fingerprint density at radius 3 is 2.48 bits per heavy atom. The average Bonchev–Trinajstić information content (AvgIpc) is 2.76. The molecule has 3 aromatic rings. The number of hydrogen-bond acceptors (Lipinski definition) is 5. The molecule has 1 aliphatic rings. The van der Waals surface area contributed by atoms with Crippen LogP contribution in [0.2, 0.25) is 0 Å². The number of alkyl halides is 3. The van der Waals surface area contributed by atoms with Crippen molar-refractivity contribution in [3.05, 3.63) is 76.0 Å². The number of ether oxygens (including phenoxy) is 2. The second-order valence-corrected chi connectivity index (χ2v) is 7.81. The fourth-order valence-corrected chi connectivity index (χ4v) is 3.52. The van der Waals surface area contributed by atoms with Crippen LogP contribution in [0.25, 0.3) is 0 Å². The molecule has 10 heteroatoms. The Labute approximate surface area is 187 Å². The van der Waals surface area contributed by atoms with Crippen LogP contribution in [0.5, 0.6) is 17.4 Å². The molecule has 1 atom stereocenters. The molecule has 4 rings (SSSR count). The molecule has 6 nitrogen and oxygen atoms in total. The normalized spacial score (nSPS) is 15.8. The van der Waals surface area contributed by atoms with Gasteiger partial charge in [-0.25, -0.2) is 9.18 Å². The second kappa shape index (κ2) is 8.76. The van der Waals surface area contributed by atoms with Gasteiger partial charge in [0.25, 0.3) is 0 Å². The predicted molar refractivity (Wildman–Crippen MR) is 113 cm³/mol. The molecule has 0 fully saturated rings. The van der Waals surface area contributed by atoms with Crippen LogP contribution in [-0.4, -0.2) is 22.6 Å². The van der Waals surface area contributed by atoms with E-state index >= 15 is 0 Å². The number of rotatable bonds is 5. The van der Waals surface area contributed by atoms with E-state index in [0.717, 1.165) is 23.9 Å². The number of anilines is 1. The molecule has 33 heavy (non-hydrogen) atoms. The SMILES string of the molecule is CC1CCn2c(cc(OCc3ccc(Oc4ccc(F)c(C(F)(F)F)c4)cc3)nc2=O)N1C. The minimum absolute atomic E-state index is 0.129. The Bertz CT molecular complexity index is 1210. The maximum absolute atomic E-state index is 13.4. The van der Waals surface area contributed by atoms with Gasteiger partial charge in [0.15, 0.2) is 0 Å². The van der Waals surface area contributed by atoms with Crippen molar-refractivity contribution >= 4 is 5.82 Å². The van der Waals surface area contributed by atoms with E-state index in [9.17, 15) is 22.4 Å². The van der Waals surface area contributed by atoms with Gasteiger partial charge in [-0.3, -0.25) is 4.57 Å². The van der Waals surface area contributed by atoms with Crippen LogP contribution in [-0.2, 0) is 19.3 Å². The van der Waals surface area contributed by atoms with E-state index in [1.54, 1.807) is 34.9 Å². The molecule has 2 aromatic carbocycles. The maximum atomic E-state index is 13.4. The maximum Gasteiger partial charge on any atom is 0.419 e. The lowest BCUT2D eigenvalue weighted by molar-refractivity contribution is -0.140. The Balaban J connectivity index is 1.43. The van der Waals surface area contributed by atoms with E-state index < -0.39 is 17.6 Å². The fourth-order valence-electron chi connectivity index (χ4n) is 3.52. The highest BCUT2D eigenvalue weighted by atomic mass is 19.4. The van der Waals surface area contributed by atoms with Crippen molar-refractivity contribution < 1.29 is 27.0 Å². The highest BCUT2D eigenvalue weighted by Crippen LogP contribution is 2.35. The van der Waals surface area contributed by atoms with E-state index in [1.165, 1.54) is 0 Å². The summed E-state index contributed by atoms with van der Waals surface area (Å²) in [5.41, 5.74) is -1.03. The molecule has 0 aliphatic carbocycles. The predicted octanol–water partition coefficient (Wildman–Crippen LogP) is 5.00. The van der Waals surface area contributed by atoms with Crippen molar-refractivity contribution in [2.75, 3.05) is 11.9 Å². The first-order chi connectivity index (χ1) is 15.6. The Kier molecular flexibility index (Phi) is 6.01. The Morgan fingerprint density at radius 1 is 1.09 bits per heavy atom. The molecule has 1 aliphatic heterocycles. The number of nitrogens with zero attached hydrogens (tertiary/aromatic N) is 3. The summed E-state index contributed by atoms with van der Waals surface area (Å²) in [6.07, 6.45) is -3.96. The number of hydrogen-bond donors (Lipinski definition) is 0. The molecule has 0 amide bonds. The third-order valence-corrected chi connectivity index (χ3v) is 5.55. The van der Waals surface area contributed by atoms with E-state index in [2.05, 4.69) is 11.9 Å². The van der Waals surface area contributed by atoms with Gasteiger partial charge in [0.05, 0.1) is 5.56 Å². The Hall–Kier alpha value is -3.56. The van der Waals surface area contributed by atoms with E-state index in [0.29, 0.717) is 24.7 Å². The van der Waals surface area contributed by atoms with Crippen molar-refractivity contribution in [2.45, 2.75) is 38.7 Å². The van der Waals surface area contributed by atoms with Gasteiger partial charge in [-0.2, -0.15) is 18.2 Å².